The fraction of sp³-hybridized carbons (Fsp3) is 0.125. The molecule has 1 aliphatic heterocycles. The van der Waals surface area contributed by atoms with Crippen LogP contribution in [0.2, 0.25) is 0 Å². The molecule has 0 spiro atoms. The summed E-state index contributed by atoms with van der Waals surface area (Å²) in [6.07, 6.45) is 0. The first-order valence-electron chi connectivity index (χ1n) is 10.9. The van der Waals surface area contributed by atoms with Gasteiger partial charge in [-0.15, -0.1) is 0 Å². The van der Waals surface area contributed by atoms with Gasteiger partial charge in [0.2, 0.25) is 0 Å². The first-order chi connectivity index (χ1) is 17.5. The van der Waals surface area contributed by atoms with Crippen LogP contribution in [0.15, 0.2) is 68.0 Å². The van der Waals surface area contributed by atoms with Crippen LogP contribution in [-0.4, -0.2) is 35.0 Å². The molecule has 7 rings (SSSR count). The number of nitrogens with zero attached hydrogens (tertiary/aromatic N) is 6. The van der Waals surface area contributed by atoms with Gasteiger partial charge in [0.1, 0.15) is 0 Å². The van der Waals surface area contributed by atoms with Crippen LogP contribution in [0.4, 0.5) is 15.4 Å². The minimum Gasteiger partial charge on any atom is -0.312 e. The number of aromatic nitrogens is 3. The molecule has 1 aliphatic rings. The van der Waals surface area contributed by atoms with Gasteiger partial charge in [-0.3, -0.25) is 0 Å². The minimum absolute atomic E-state index is 0.703. The molecule has 0 radical (unpaired) electrons. The number of thiazole rings is 3. The number of hydrogen-bond acceptors (Lipinski definition) is 9. The molecule has 12 heteroatoms. The highest BCUT2D eigenvalue weighted by Crippen LogP contribution is 2.38. The van der Waals surface area contributed by atoms with Crippen molar-refractivity contribution < 1.29 is 0 Å². The summed E-state index contributed by atoms with van der Waals surface area (Å²) in [4.78, 5) is 21.8. The Balaban J connectivity index is 1.30. The summed E-state index contributed by atoms with van der Waals surface area (Å²) in [5.74, 6) is 0. The van der Waals surface area contributed by atoms with Gasteiger partial charge >= 0.3 is 0 Å². The van der Waals surface area contributed by atoms with Crippen molar-refractivity contribution in [3.05, 3.63) is 68.0 Å². The van der Waals surface area contributed by atoms with E-state index in [-0.39, 0.29) is 0 Å². The molecule has 6 aromatic rings. The molecule has 1 fully saturated rings. The van der Waals surface area contributed by atoms with E-state index < -0.39 is 0 Å². The predicted molar refractivity (Wildman–Crippen MR) is 164 cm³/mol. The van der Waals surface area contributed by atoms with E-state index in [1.54, 1.807) is 34.0 Å². The Morgan fingerprint density at radius 1 is 0.500 bits per heavy atom. The fourth-order valence-electron chi connectivity index (χ4n) is 4.18. The highest BCUT2D eigenvalue weighted by molar-refractivity contribution is 9.11. The molecular weight excluding hydrogens is 708 g/mol. The van der Waals surface area contributed by atoms with Crippen LogP contribution in [0.3, 0.4) is 0 Å². The van der Waals surface area contributed by atoms with Gasteiger partial charge in [0.05, 0.1) is 50.7 Å². The number of halogens is 3. The summed E-state index contributed by atoms with van der Waals surface area (Å²) in [6.45, 7) is 2.11. The van der Waals surface area contributed by atoms with E-state index in [2.05, 4.69) is 98.9 Å². The summed E-state index contributed by atoms with van der Waals surface area (Å²) in [7, 11) is 0. The third-order valence-electron chi connectivity index (χ3n) is 5.85. The van der Waals surface area contributed by atoms with Crippen LogP contribution in [-0.2, 0) is 0 Å². The Morgan fingerprint density at radius 3 is 1.11 bits per heavy atom. The van der Waals surface area contributed by atoms with E-state index in [0.29, 0.717) is 20.0 Å². The van der Waals surface area contributed by atoms with Crippen molar-refractivity contribution >= 4 is 128 Å². The zero-order valence-electron chi connectivity index (χ0n) is 18.4. The average Bonchev–Trinajstić information content (AvgIpc) is 3.59. The zero-order chi connectivity index (χ0) is 24.4. The molecule has 4 heterocycles. The van der Waals surface area contributed by atoms with Gasteiger partial charge in [-0.1, -0.05) is 81.8 Å². The zero-order valence-corrected chi connectivity index (χ0v) is 25.6. The van der Waals surface area contributed by atoms with Gasteiger partial charge in [-0.2, -0.15) is 0 Å². The highest BCUT2D eigenvalue weighted by atomic mass is 79.9. The summed E-state index contributed by atoms with van der Waals surface area (Å²) in [6, 6.07) is 18.7. The van der Waals surface area contributed by atoms with Crippen molar-refractivity contribution in [2.24, 2.45) is 0 Å². The Kier molecular flexibility index (Phi) is 5.94. The summed E-state index contributed by atoms with van der Waals surface area (Å²) >= 11 is 15.9. The van der Waals surface area contributed by atoms with Crippen LogP contribution in [0, 0.1) is 0 Å². The monoisotopic (exact) mass is 720 g/mol. The van der Waals surface area contributed by atoms with Gasteiger partial charge in [0.15, 0.2) is 15.4 Å². The standard InChI is InChI=1S/C24H15Br3N6S3/c25-13-1-4-16-19(7-13)34-22(28-16)31-10-32(23-29-17-5-2-14(26)8-20(17)35-23)12-33(11-31)24-30-18-6-3-15(27)9-21(18)36-24/h1-9H,10-12H2. The van der Waals surface area contributed by atoms with Crippen LogP contribution in [0.5, 0.6) is 0 Å². The van der Waals surface area contributed by atoms with Gasteiger partial charge in [0, 0.05) is 13.4 Å². The highest BCUT2D eigenvalue weighted by Gasteiger charge is 2.29. The van der Waals surface area contributed by atoms with Crippen molar-refractivity contribution in [3.63, 3.8) is 0 Å². The Hall–Kier alpha value is -1.83. The third kappa shape index (κ3) is 4.31. The predicted octanol–water partition coefficient (Wildman–Crippen LogP) is 8.51. The smallest absolute Gasteiger partial charge is 0.189 e. The minimum atomic E-state index is 0.703. The van der Waals surface area contributed by atoms with E-state index in [0.717, 1.165) is 59.5 Å². The Morgan fingerprint density at radius 2 is 0.806 bits per heavy atom. The van der Waals surface area contributed by atoms with Crippen molar-refractivity contribution in [1.29, 1.82) is 0 Å². The number of anilines is 3. The normalized spacial score (nSPS) is 14.6. The summed E-state index contributed by atoms with van der Waals surface area (Å²) < 4.78 is 6.68. The Labute approximate surface area is 243 Å². The molecule has 180 valence electrons. The molecule has 1 saturated heterocycles. The molecule has 3 aromatic heterocycles. The van der Waals surface area contributed by atoms with Crippen molar-refractivity contribution in [1.82, 2.24) is 15.0 Å². The Bertz CT molecular complexity index is 1550. The van der Waals surface area contributed by atoms with E-state index >= 15 is 0 Å². The van der Waals surface area contributed by atoms with E-state index in [1.165, 1.54) is 0 Å². The SMILES string of the molecule is Brc1ccc2nc(N3CN(c4nc5ccc(Br)cc5s4)CN(c4nc5ccc(Br)cc5s4)C3)sc2c1. The van der Waals surface area contributed by atoms with Crippen LogP contribution < -0.4 is 14.7 Å². The van der Waals surface area contributed by atoms with Gasteiger partial charge in [0.25, 0.3) is 0 Å². The van der Waals surface area contributed by atoms with E-state index in [4.69, 9.17) is 15.0 Å². The largest absolute Gasteiger partial charge is 0.312 e. The molecular formula is C24H15Br3N6S3. The maximum absolute atomic E-state index is 4.97. The quantitative estimate of drug-likeness (QED) is 0.183. The lowest BCUT2D eigenvalue weighted by molar-refractivity contribution is 0.608. The average molecular weight is 723 g/mol. The fourth-order valence-corrected chi connectivity index (χ4v) is 8.69. The van der Waals surface area contributed by atoms with Crippen LogP contribution in [0.1, 0.15) is 0 Å². The second-order valence-electron chi connectivity index (χ2n) is 8.37. The van der Waals surface area contributed by atoms with E-state index in [1.807, 2.05) is 18.2 Å². The van der Waals surface area contributed by atoms with Crippen LogP contribution in [0.25, 0.3) is 30.6 Å². The molecule has 0 aliphatic carbocycles. The second-order valence-corrected chi connectivity index (χ2v) is 14.1. The molecule has 0 unspecified atom stereocenters. The summed E-state index contributed by atoms with van der Waals surface area (Å²) in [5, 5.41) is 2.97. The molecule has 0 N–H and O–H groups in total. The maximum Gasteiger partial charge on any atom is 0.189 e. The van der Waals surface area contributed by atoms with Crippen molar-refractivity contribution in [2.75, 3.05) is 34.7 Å². The third-order valence-corrected chi connectivity index (χ3v) is 10.6. The first-order valence-corrected chi connectivity index (χ1v) is 15.7. The molecule has 0 saturated carbocycles. The van der Waals surface area contributed by atoms with Gasteiger partial charge < -0.3 is 14.7 Å². The number of benzene rings is 3. The lowest BCUT2D eigenvalue weighted by Gasteiger charge is -2.41. The molecule has 0 amide bonds. The number of fused-ring (bicyclic) bond motifs is 3. The van der Waals surface area contributed by atoms with Gasteiger partial charge in [-0.25, -0.2) is 15.0 Å². The van der Waals surface area contributed by atoms with E-state index in [9.17, 15) is 0 Å². The van der Waals surface area contributed by atoms with Crippen molar-refractivity contribution in [2.45, 2.75) is 0 Å². The molecule has 6 nitrogen and oxygen atoms in total. The molecule has 0 atom stereocenters. The lowest BCUT2D eigenvalue weighted by atomic mass is 10.3. The maximum atomic E-state index is 4.97. The summed E-state index contributed by atoms with van der Waals surface area (Å²) in [5.41, 5.74) is 3.03. The van der Waals surface area contributed by atoms with Gasteiger partial charge in [-0.05, 0) is 54.6 Å². The first kappa shape index (κ1) is 23.3. The second kappa shape index (κ2) is 9.17. The van der Waals surface area contributed by atoms with Crippen LogP contribution >= 0.6 is 81.8 Å². The lowest BCUT2D eigenvalue weighted by Crippen LogP contribution is -2.55. The number of rotatable bonds is 3. The molecule has 3 aromatic carbocycles. The molecule has 0 bridgehead atoms. The topological polar surface area (TPSA) is 48.4 Å². The van der Waals surface area contributed by atoms with Crippen molar-refractivity contribution in [3.8, 4) is 0 Å². The molecule has 36 heavy (non-hydrogen) atoms. The number of hydrogen-bond donors (Lipinski definition) is 0.